The highest BCUT2D eigenvalue weighted by Crippen LogP contribution is 2.19. The molecule has 1 fully saturated rings. The first-order chi connectivity index (χ1) is 7.22. The second kappa shape index (κ2) is 6.43. The first kappa shape index (κ1) is 12.9. The first-order valence-corrected chi connectivity index (χ1v) is 5.99. The van der Waals surface area contributed by atoms with E-state index in [4.69, 9.17) is 10.6 Å². The normalized spacial score (nSPS) is 25.8. The molecule has 0 aromatic heterocycles. The Morgan fingerprint density at radius 3 is 2.60 bits per heavy atom. The minimum atomic E-state index is 0.235. The Balaban J connectivity index is 2.55. The van der Waals surface area contributed by atoms with Crippen LogP contribution in [0.4, 0.5) is 0 Å². The molecule has 0 saturated carbocycles. The zero-order valence-corrected chi connectivity index (χ0v) is 10.2. The van der Waals surface area contributed by atoms with Crippen LogP contribution in [0.5, 0.6) is 0 Å². The standard InChI is InChI=1S/C11H25N3O/c1-4-9(5-2)11(13-12)10-8-14(3)6-7-15-10/h9-11,13H,4-8,12H2,1-3H3. The van der Waals surface area contributed by atoms with Crippen LogP contribution in [0, 0.1) is 5.92 Å². The van der Waals surface area contributed by atoms with Crippen molar-refractivity contribution < 1.29 is 4.74 Å². The maximum atomic E-state index is 5.80. The highest BCUT2D eigenvalue weighted by molar-refractivity contribution is 4.85. The topological polar surface area (TPSA) is 50.5 Å². The van der Waals surface area contributed by atoms with E-state index in [9.17, 15) is 0 Å². The Hall–Kier alpha value is -0.160. The molecule has 1 aliphatic heterocycles. The smallest absolute Gasteiger partial charge is 0.0871 e. The van der Waals surface area contributed by atoms with Crippen molar-refractivity contribution in [1.82, 2.24) is 10.3 Å². The highest BCUT2D eigenvalue weighted by Gasteiger charge is 2.30. The van der Waals surface area contributed by atoms with Crippen molar-refractivity contribution in [3.63, 3.8) is 0 Å². The lowest BCUT2D eigenvalue weighted by Crippen LogP contribution is -2.56. The van der Waals surface area contributed by atoms with Gasteiger partial charge in [0, 0.05) is 13.1 Å². The van der Waals surface area contributed by atoms with Crippen LogP contribution < -0.4 is 11.3 Å². The van der Waals surface area contributed by atoms with E-state index in [1.165, 1.54) is 0 Å². The number of morpholine rings is 1. The molecule has 0 spiro atoms. The van der Waals surface area contributed by atoms with Crippen LogP contribution in [-0.4, -0.2) is 43.8 Å². The largest absolute Gasteiger partial charge is 0.374 e. The summed E-state index contributed by atoms with van der Waals surface area (Å²) in [6, 6.07) is 0.280. The molecule has 90 valence electrons. The van der Waals surface area contributed by atoms with E-state index in [-0.39, 0.29) is 12.1 Å². The maximum absolute atomic E-state index is 5.80. The zero-order valence-electron chi connectivity index (χ0n) is 10.2. The van der Waals surface area contributed by atoms with E-state index >= 15 is 0 Å². The fraction of sp³-hybridized carbons (Fsp3) is 1.00. The summed E-state index contributed by atoms with van der Waals surface area (Å²) in [6.45, 7) is 7.25. The molecule has 0 amide bonds. The molecular formula is C11H25N3O. The van der Waals surface area contributed by atoms with Gasteiger partial charge in [-0.25, -0.2) is 0 Å². The third-order valence-electron chi connectivity index (χ3n) is 3.45. The lowest BCUT2D eigenvalue weighted by Gasteiger charge is -2.38. The third-order valence-corrected chi connectivity index (χ3v) is 3.45. The van der Waals surface area contributed by atoms with Crippen LogP contribution >= 0.6 is 0 Å². The molecule has 0 aromatic carbocycles. The van der Waals surface area contributed by atoms with Gasteiger partial charge >= 0.3 is 0 Å². The van der Waals surface area contributed by atoms with Gasteiger partial charge in [-0.1, -0.05) is 26.7 Å². The Kier molecular flexibility index (Phi) is 5.53. The molecule has 3 N–H and O–H groups in total. The van der Waals surface area contributed by atoms with Crippen molar-refractivity contribution in [3.8, 4) is 0 Å². The number of ether oxygens (including phenoxy) is 1. The number of nitrogens with two attached hydrogens (primary N) is 1. The Morgan fingerprint density at radius 1 is 1.47 bits per heavy atom. The van der Waals surface area contributed by atoms with E-state index in [1.807, 2.05) is 0 Å². The zero-order chi connectivity index (χ0) is 11.3. The molecular weight excluding hydrogens is 190 g/mol. The fourth-order valence-corrected chi connectivity index (χ4v) is 2.37. The van der Waals surface area contributed by atoms with Crippen LogP contribution in [-0.2, 0) is 4.74 Å². The molecule has 1 aliphatic rings. The molecule has 1 heterocycles. The molecule has 2 atom stereocenters. The summed E-state index contributed by atoms with van der Waals surface area (Å²) in [5.41, 5.74) is 2.94. The number of nitrogens with zero attached hydrogens (tertiary/aromatic N) is 1. The van der Waals surface area contributed by atoms with Crippen molar-refractivity contribution in [1.29, 1.82) is 0 Å². The van der Waals surface area contributed by atoms with E-state index in [2.05, 4.69) is 31.2 Å². The summed E-state index contributed by atoms with van der Waals surface area (Å²) in [5, 5.41) is 0. The molecule has 15 heavy (non-hydrogen) atoms. The van der Waals surface area contributed by atoms with Gasteiger partial charge in [0.2, 0.25) is 0 Å². The van der Waals surface area contributed by atoms with Gasteiger partial charge in [-0.2, -0.15) is 0 Å². The highest BCUT2D eigenvalue weighted by atomic mass is 16.5. The first-order valence-electron chi connectivity index (χ1n) is 5.99. The van der Waals surface area contributed by atoms with Gasteiger partial charge in [-0.05, 0) is 13.0 Å². The van der Waals surface area contributed by atoms with Crippen molar-refractivity contribution in [2.75, 3.05) is 26.7 Å². The predicted molar refractivity (Wildman–Crippen MR) is 62.4 cm³/mol. The summed E-state index contributed by atoms with van der Waals surface area (Å²) in [5.74, 6) is 6.26. The minimum absolute atomic E-state index is 0.235. The average molecular weight is 215 g/mol. The van der Waals surface area contributed by atoms with Gasteiger partial charge in [-0.15, -0.1) is 0 Å². The Morgan fingerprint density at radius 2 is 2.13 bits per heavy atom. The van der Waals surface area contributed by atoms with Crippen molar-refractivity contribution in [2.45, 2.75) is 38.8 Å². The minimum Gasteiger partial charge on any atom is -0.374 e. The van der Waals surface area contributed by atoms with Gasteiger partial charge < -0.3 is 9.64 Å². The average Bonchev–Trinajstić information content (AvgIpc) is 2.25. The number of hydrazine groups is 1. The number of likely N-dealkylation sites (N-methyl/N-ethyl adjacent to an activating group) is 1. The van der Waals surface area contributed by atoms with Crippen LogP contribution in [0.25, 0.3) is 0 Å². The van der Waals surface area contributed by atoms with Gasteiger partial charge in [0.05, 0.1) is 18.8 Å². The molecule has 2 unspecified atom stereocenters. The molecule has 1 rings (SSSR count). The van der Waals surface area contributed by atoms with Gasteiger partial charge in [0.25, 0.3) is 0 Å². The Bertz CT molecular complexity index is 173. The van der Waals surface area contributed by atoms with E-state index in [0.29, 0.717) is 5.92 Å². The monoisotopic (exact) mass is 215 g/mol. The van der Waals surface area contributed by atoms with Crippen LogP contribution in [0.15, 0.2) is 0 Å². The summed E-state index contributed by atoms with van der Waals surface area (Å²) >= 11 is 0. The van der Waals surface area contributed by atoms with Crippen LogP contribution in [0.3, 0.4) is 0 Å². The number of nitrogens with one attached hydrogen (secondary N) is 1. The number of rotatable bonds is 5. The molecule has 0 aliphatic carbocycles. The van der Waals surface area contributed by atoms with E-state index in [1.54, 1.807) is 0 Å². The predicted octanol–water partition coefficient (Wildman–Crippen LogP) is 0.585. The molecule has 0 bridgehead atoms. The third kappa shape index (κ3) is 3.41. The second-order valence-electron chi connectivity index (χ2n) is 4.44. The van der Waals surface area contributed by atoms with Crippen molar-refractivity contribution in [2.24, 2.45) is 11.8 Å². The summed E-state index contributed by atoms with van der Waals surface area (Å²) in [7, 11) is 2.13. The van der Waals surface area contributed by atoms with Crippen molar-refractivity contribution >= 4 is 0 Å². The lowest BCUT2D eigenvalue weighted by atomic mass is 9.90. The number of hydrogen-bond acceptors (Lipinski definition) is 4. The summed E-state index contributed by atoms with van der Waals surface area (Å²) in [4.78, 5) is 2.31. The van der Waals surface area contributed by atoms with Gasteiger partial charge in [0.15, 0.2) is 0 Å². The van der Waals surface area contributed by atoms with Crippen molar-refractivity contribution in [3.05, 3.63) is 0 Å². The lowest BCUT2D eigenvalue weighted by molar-refractivity contribution is -0.0501. The molecule has 1 saturated heterocycles. The molecule has 4 heteroatoms. The van der Waals surface area contributed by atoms with Gasteiger partial charge in [-0.3, -0.25) is 11.3 Å². The van der Waals surface area contributed by atoms with E-state index < -0.39 is 0 Å². The molecule has 0 aromatic rings. The summed E-state index contributed by atoms with van der Waals surface area (Å²) in [6.07, 6.45) is 2.53. The Labute approximate surface area is 93.1 Å². The molecule has 4 nitrogen and oxygen atoms in total. The summed E-state index contributed by atoms with van der Waals surface area (Å²) < 4.78 is 5.80. The number of hydrogen-bond donors (Lipinski definition) is 2. The quantitative estimate of drug-likeness (QED) is 0.520. The second-order valence-corrected chi connectivity index (χ2v) is 4.44. The SMILES string of the molecule is CCC(CC)C(NN)C1CN(C)CCO1. The fourth-order valence-electron chi connectivity index (χ4n) is 2.37. The van der Waals surface area contributed by atoms with Crippen LogP contribution in [0.1, 0.15) is 26.7 Å². The van der Waals surface area contributed by atoms with Gasteiger partial charge in [0.1, 0.15) is 0 Å². The maximum Gasteiger partial charge on any atom is 0.0871 e. The molecule has 0 radical (unpaired) electrons. The van der Waals surface area contributed by atoms with Crippen LogP contribution in [0.2, 0.25) is 0 Å². The van der Waals surface area contributed by atoms with E-state index in [0.717, 1.165) is 32.5 Å².